The summed E-state index contributed by atoms with van der Waals surface area (Å²) in [7, 11) is 1.55. The fourth-order valence-corrected chi connectivity index (χ4v) is 5.81. The van der Waals surface area contributed by atoms with E-state index in [-0.39, 0.29) is 17.7 Å². The molecule has 0 unspecified atom stereocenters. The lowest BCUT2D eigenvalue weighted by Crippen LogP contribution is -2.72. The molecule has 2 amide bonds. The summed E-state index contributed by atoms with van der Waals surface area (Å²) in [5.74, 6) is 0.687. The third-order valence-corrected chi connectivity index (χ3v) is 8.18. The number of rotatable bonds is 11. The van der Waals surface area contributed by atoms with E-state index in [9.17, 15) is 22.8 Å². The van der Waals surface area contributed by atoms with Crippen LogP contribution >= 0.6 is 0 Å². The molecule has 11 nitrogen and oxygen atoms in total. The number of hydrogen-bond donors (Lipinski definition) is 2. The lowest BCUT2D eigenvalue weighted by molar-refractivity contribution is -0.274. The molecule has 0 aliphatic carbocycles. The van der Waals surface area contributed by atoms with Gasteiger partial charge < -0.3 is 24.8 Å². The van der Waals surface area contributed by atoms with Crippen molar-refractivity contribution in [3.63, 3.8) is 0 Å². The van der Waals surface area contributed by atoms with Crippen molar-refractivity contribution in [2.24, 2.45) is 5.41 Å². The van der Waals surface area contributed by atoms with Crippen molar-refractivity contribution in [2.45, 2.75) is 19.0 Å². The molecule has 246 valence electrons. The first-order chi connectivity index (χ1) is 22.5. The van der Waals surface area contributed by atoms with Crippen molar-refractivity contribution in [3.8, 4) is 22.8 Å². The molecule has 0 atom stereocenters. The molecule has 2 aliphatic rings. The second-order valence-corrected chi connectivity index (χ2v) is 11.7. The minimum atomic E-state index is -4.43. The Labute approximate surface area is 267 Å². The van der Waals surface area contributed by atoms with Crippen LogP contribution < -0.4 is 14.8 Å². The summed E-state index contributed by atoms with van der Waals surface area (Å²) in [6.45, 7) is 3.41. The van der Waals surface area contributed by atoms with E-state index in [1.54, 1.807) is 37.4 Å². The highest BCUT2D eigenvalue weighted by Gasteiger charge is 2.54. The Morgan fingerprint density at radius 1 is 0.957 bits per heavy atom. The zero-order valence-electron chi connectivity index (χ0n) is 25.4. The van der Waals surface area contributed by atoms with Crippen LogP contribution in [0.1, 0.15) is 17.5 Å². The number of carboxylic acid groups (broad SMARTS) is 1. The summed E-state index contributed by atoms with van der Waals surface area (Å²) in [5.41, 5.74) is 2.35. The molecular formula is C33H32F3N5O6. The highest BCUT2D eigenvalue weighted by molar-refractivity contribution is 5.95. The molecule has 3 aromatic carbocycles. The first-order valence-corrected chi connectivity index (χ1v) is 14.9. The second-order valence-electron chi connectivity index (χ2n) is 11.7. The summed E-state index contributed by atoms with van der Waals surface area (Å²) in [6, 6.07) is 15.2. The monoisotopic (exact) mass is 651 g/mol. The van der Waals surface area contributed by atoms with E-state index in [0.29, 0.717) is 66.7 Å². The number of hydrogen-bond acceptors (Lipinski definition) is 8. The Morgan fingerprint density at radius 3 is 2.34 bits per heavy atom. The highest BCUT2D eigenvalue weighted by Crippen LogP contribution is 2.40. The number of ether oxygens (including phenoxy) is 2. The number of benzene rings is 3. The fourth-order valence-electron chi connectivity index (χ4n) is 5.81. The average Bonchev–Trinajstić information content (AvgIpc) is 3.00. The van der Waals surface area contributed by atoms with Crippen LogP contribution in [0.4, 0.5) is 23.7 Å². The normalized spacial score (nSPS) is 15.6. The van der Waals surface area contributed by atoms with Gasteiger partial charge in [-0.3, -0.25) is 9.63 Å². The van der Waals surface area contributed by atoms with E-state index in [1.165, 1.54) is 23.4 Å². The molecule has 6 rings (SSSR count). The number of carbonyl (C=O) groups is 2. The molecule has 1 spiro atoms. The summed E-state index contributed by atoms with van der Waals surface area (Å²) in [5, 5.41) is 14.4. The first-order valence-electron chi connectivity index (χ1n) is 14.9. The molecule has 14 heteroatoms. The number of amides is 2. The van der Waals surface area contributed by atoms with Crippen molar-refractivity contribution in [2.75, 3.05) is 51.8 Å². The van der Waals surface area contributed by atoms with E-state index in [0.717, 1.165) is 36.2 Å². The molecule has 3 heterocycles. The van der Waals surface area contributed by atoms with E-state index in [1.807, 2.05) is 11.1 Å². The van der Waals surface area contributed by atoms with Gasteiger partial charge >= 0.3 is 12.3 Å². The van der Waals surface area contributed by atoms with Crippen molar-refractivity contribution in [1.82, 2.24) is 19.9 Å². The lowest BCUT2D eigenvalue weighted by Gasteiger charge is -2.58. The zero-order chi connectivity index (χ0) is 33.2. The van der Waals surface area contributed by atoms with Crippen LogP contribution in [0.3, 0.4) is 0 Å². The van der Waals surface area contributed by atoms with Gasteiger partial charge in [0.05, 0.1) is 43.5 Å². The molecule has 4 aromatic rings. The van der Waals surface area contributed by atoms with E-state index < -0.39 is 17.8 Å². The van der Waals surface area contributed by atoms with Crippen molar-refractivity contribution < 1.29 is 42.2 Å². The van der Waals surface area contributed by atoms with Crippen molar-refractivity contribution in [1.29, 1.82) is 0 Å². The number of alkyl halides is 3. The average molecular weight is 652 g/mol. The van der Waals surface area contributed by atoms with Gasteiger partial charge in [-0.25, -0.2) is 14.8 Å². The fraction of sp³-hybridized carbons (Fsp3) is 0.333. The Morgan fingerprint density at radius 2 is 1.68 bits per heavy atom. The topological polar surface area (TPSA) is 126 Å². The summed E-state index contributed by atoms with van der Waals surface area (Å²) < 4.78 is 50.0. The molecular weight excluding hydrogens is 619 g/mol. The number of nitrogens with zero attached hydrogens (tertiary/aromatic N) is 4. The maximum absolute atomic E-state index is 12.8. The molecule has 0 radical (unpaired) electrons. The van der Waals surface area contributed by atoms with E-state index >= 15 is 0 Å². The van der Waals surface area contributed by atoms with Crippen LogP contribution in [0, 0.1) is 5.41 Å². The predicted octanol–water partition coefficient (Wildman–Crippen LogP) is 5.50. The summed E-state index contributed by atoms with van der Waals surface area (Å²) in [6.07, 6.45) is -3.28. The molecule has 2 aliphatic heterocycles. The quantitative estimate of drug-likeness (QED) is 0.202. The van der Waals surface area contributed by atoms with Gasteiger partial charge in [0, 0.05) is 60.7 Å². The maximum atomic E-state index is 12.8. The Bertz CT molecular complexity index is 1750. The SMILES string of the molecule is COc1cc2c(-c3ccc(NC(=O)Cc4ccc(C(F)(F)F)cc4)cc3)ncnc2cc1OCCCON1CC2(C1)CN(C(=O)O)C2. The minimum Gasteiger partial charge on any atom is -0.493 e. The Kier molecular flexibility index (Phi) is 8.88. The van der Waals surface area contributed by atoms with Crippen LogP contribution in [0.2, 0.25) is 0 Å². The van der Waals surface area contributed by atoms with Crippen molar-refractivity contribution in [3.05, 3.63) is 78.1 Å². The minimum absolute atomic E-state index is 0.0347. The molecule has 0 saturated carbocycles. The number of likely N-dealkylation sites (tertiary alicyclic amines) is 1. The first kappa shape index (κ1) is 32.0. The third-order valence-electron chi connectivity index (χ3n) is 8.18. The van der Waals surface area contributed by atoms with Gasteiger partial charge in [0.25, 0.3) is 0 Å². The number of methoxy groups -OCH3 is 1. The van der Waals surface area contributed by atoms with Crippen LogP contribution in [-0.2, 0) is 22.2 Å². The van der Waals surface area contributed by atoms with Crippen LogP contribution in [-0.4, -0.2) is 83.5 Å². The zero-order valence-corrected chi connectivity index (χ0v) is 25.4. The van der Waals surface area contributed by atoms with Gasteiger partial charge in [0.2, 0.25) is 5.91 Å². The van der Waals surface area contributed by atoms with Crippen molar-refractivity contribution >= 4 is 28.6 Å². The smallest absolute Gasteiger partial charge is 0.416 e. The number of halogens is 3. The Balaban J connectivity index is 1.02. The molecule has 0 bridgehead atoms. The second kappa shape index (κ2) is 13.0. The van der Waals surface area contributed by atoms with Crippen LogP contribution in [0.15, 0.2) is 67.0 Å². The number of anilines is 1. The highest BCUT2D eigenvalue weighted by atomic mass is 19.4. The van der Waals surface area contributed by atoms with Gasteiger partial charge in [-0.1, -0.05) is 24.3 Å². The van der Waals surface area contributed by atoms with Gasteiger partial charge in [-0.05, 0) is 35.9 Å². The largest absolute Gasteiger partial charge is 0.493 e. The van der Waals surface area contributed by atoms with Gasteiger partial charge in [-0.15, -0.1) is 0 Å². The summed E-state index contributed by atoms with van der Waals surface area (Å²) >= 11 is 0. The number of hydroxylamine groups is 2. The molecule has 2 N–H and O–H groups in total. The molecule has 47 heavy (non-hydrogen) atoms. The van der Waals surface area contributed by atoms with E-state index in [2.05, 4.69) is 15.3 Å². The van der Waals surface area contributed by atoms with Crippen LogP contribution in [0.25, 0.3) is 22.2 Å². The maximum Gasteiger partial charge on any atom is 0.416 e. The standard InChI is InChI=1S/C33H32F3N5O6/c1-45-27-14-25-26(15-28(27)46-11-2-12-47-41-18-32(19-41)16-40(17-32)31(43)44)37-20-38-30(25)22-5-9-24(10-6-22)39-29(42)13-21-3-7-23(8-4-21)33(34,35)36/h3-10,14-15,20H,2,11-13,16-19H2,1H3,(H,39,42)(H,43,44). The van der Waals surface area contributed by atoms with Gasteiger partial charge in [0.1, 0.15) is 6.33 Å². The number of carbonyl (C=O) groups excluding carboxylic acids is 1. The number of nitrogens with one attached hydrogen (secondary N) is 1. The Hall–Kier alpha value is -4.95. The predicted molar refractivity (Wildman–Crippen MR) is 165 cm³/mol. The van der Waals surface area contributed by atoms with Gasteiger partial charge in [0.15, 0.2) is 11.5 Å². The molecule has 2 saturated heterocycles. The third kappa shape index (κ3) is 7.23. The van der Waals surface area contributed by atoms with E-state index in [4.69, 9.17) is 19.4 Å². The van der Waals surface area contributed by atoms with Crippen LogP contribution in [0.5, 0.6) is 11.5 Å². The van der Waals surface area contributed by atoms with Gasteiger partial charge in [-0.2, -0.15) is 18.2 Å². The number of aromatic nitrogens is 2. The number of fused-ring (bicyclic) bond motifs is 1. The lowest BCUT2D eigenvalue weighted by atomic mass is 9.74. The summed E-state index contributed by atoms with van der Waals surface area (Å²) in [4.78, 5) is 39.6. The molecule has 1 aromatic heterocycles. The molecule has 2 fully saturated rings.